The zero-order valence-electron chi connectivity index (χ0n) is 17.8. The molecule has 0 fully saturated rings. The average molecular weight is 495 g/mol. The Bertz CT molecular complexity index is 1260. The lowest BCUT2D eigenvalue weighted by Crippen LogP contribution is -2.68. The highest BCUT2D eigenvalue weighted by Crippen LogP contribution is 2.54. The number of nitrogens with zero attached hydrogens (tertiary/aromatic N) is 3. The number of halogens is 1. The maximum absolute atomic E-state index is 8.49. The summed E-state index contributed by atoms with van der Waals surface area (Å²) in [6.07, 6.45) is 3.70. The lowest BCUT2D eigenvalue weighted by molar-refractivity contribution is -2.00. The highest BCUT2D eigenvalue weighted by Gasteiger charge is 2.50. The second-order valence-electron chi connectivity index (χ2n) is 7.19. The number of aromatic nitrogens is 3. The molecule has 0 aliphatic carbocycles. The summed E-state index contributed by atoms with van der Waals surface area (Å²) in [6, 6.07) is 33.8. The van der Waals surface area contributed by atoms with Gasteiger partial charge in [-0.05, 0) is 42.5 Å². The van der Waals surface area contributed by atoms with E-state index < -0.39 is 17.5 Å². The van der Waals surface area contributed by atoms with Gasteiger partial charge in [-0.1, -0.05) is 54.6 Å². The van der Waals surface area contributed by atoms with E-state index in [0.29, 0.717) is 5.82 Å². The second kappa shape index (κ2) is 9.87. The first-order chi connectivity index (χ1) is 16.3. The Labute approximate surface area is 198 Å². The van der Waals surface area contributed by atoms with Crippen LogP contribution in [0.4, 0.5) is 5.82 Å². The SMILES string of the molecule is Nc1ccnc2c([P+](c3ccccc3)(c3ccccc3)c3ccccc3)cnn12.[O-][Cl+3]([O-])([O-])[O-]. The minimum absolute atomic E-state index is 0.577. The molecule has 172 valence electrons. The fourth-order valence-corrected chi connectivity index (χ4v) is 8.22. The summed E-state index contributed by atoms with van der Waals surface area (Å²) in [5.41, 5.74) is 7.00. The smallest absolute Gasteiger partial charge is 0.201 e. The van der Waals surface area contributed by atoms with Crippen molar-refractivity contribution in [3.05, 3.63) is 109 Å². The fourth-order valence-electron chi connectivity index (χ4n) is 3.95. The molecule has 0 unspecified atom stereocenters. The lowest BCUT2D eigenvalue weighted by atomic mass is 10.4. The molecule has 2 aromatic heterocycles. The van der Waals surface area contributed by atoms with Gasteiger partial charge in [-0.2, -0.15) is 9.61 Å². The Morgan fingerprint density at radius 3 is 1.50 bits per heavy atom. The highest BCUT2D eigenvalue weighted by molar-refractivity contribution is 8.01. The molecule has 2 heterocycles. The molecule has 0 aliphatic rings. The molecule has 34 heavy (non-hydrogen) atoms. The fraction of sp³-hybridized carbons (Fsp3) is 0. The molecule has 5 aromatic rings. The zero-order valence-corrected chi connectivity index (χ0v) is 19.4. The van der Waals surface area contributed by atoms with Crippen LogP contribution in [0.15, 0.2) is 109 Å². The molecule has 0 bridgehead atoms. The quantitative estimate of drug-likeness (QED) is 0.289. The minimum Gasteiger partial charge on any atom is -0.384 e. The number of benzene rings is 3. The van der Waals surface area contributed by atoms with Crippen molar-refractivity contribution in [3.63, 3.8) is 0 Å². The number of hydrogen-bond acceptors (Lipinski definition) is 7. The first-order valence-electron chi connectivity index (χ1n) is 10.1. The van der Waals surface area contributed by atoms with E-state index in [1.807, 2.05) is 6.20 Å². The van der Waals surface area contributed by atoms with Crippen LogP contribution in [-0.4, -0.2) is 14.6 Å². The lowest BCUT2D eigenvalue weighted by Gasteiger charge is -2.26. The number of fused-ring (bicyclic) bond motifs is 1. The van der Waals surface area contributed by atoms with Crippen molar-refractivity contribution >= 4 is 39.9 Å². The Hall–Kier alpha value is -3.36. The van der Waals surface area contributed by atoms with E-state index in [0.717, 1.165) is 11.0 Å². The third-order valence-corrected chi connectivity index (χ3v) is 9.46. The first-order valence-corrected chi connectivity index (χ1v) is 13.1. The van der Waals surface area contributed by atoms with Crippen LogP contribution in [0.1, 0.15) is 0 Å². The molecule has 0 atom stereocenters. The summed E-state index contributed by atoms with van der Waals surface area (Å²) in [4.78, 5) is 4.69. The van der Waals surface area contributed by atoms with Gasteiger partial charge in [0, 0.05) is 6.20 Å². The van der Waals surface area contributed by atoms with Gasteiger partial charge in [-0.25, -0.2) is 23.6 Å². The zero-order chi connectivity index (χ0) is 24.2. The Balaban J connectivity index is 0.000000499. The van der Waals surface area contributed by atoms with Crippen molar-refractivity contribution in [2.75, 3.05) is 5.73 Å². The Kier molecular flexibility index (Phi) is 6.90. The van der Waals surface area contributed by atoms with Gasteiger partial charge >= 0.3 is 0 Å². The maximum atomic E-state index is 8.49. The van der Waals surface area contributed by atoms with E-state index >= 15 is 0 Å². The highest BCUT2D eigenvalue weighted by atomic mass is 35.7. The number of hydrogen-bond donors (Lipinski definition) is 1. The van der Waals surface area contributed by atoms with E-state index in [9.17, 15) is 0 Å². The minimum atomic E-state index is -4.94. The summed E-state index contributed by atoms with van der Waals surface area (Å²) in [5.74, 6) is 0.577. The van der Waals surface area contributed by atoms with Crippen LogP contribution in [0.25, 0.3) is 5.65 Å². The third-order valence-electron chi connectivity index (χ3n) is 5.20. The Morgan fingerprint density at radius 2 is 1.09 bits per heavy atom. The van der Waals surface area contributed by atoms with E-state index in [1.54, 1.807) is 16.8 Å². The molecular formula is C24H20ClN4O4P. The molecule has 2 N–H and O–H groups in total. The summed E-state index contributed by atoms with van der Waals surface area (Å²) >= 11 is 0. The van der Waals surface area contributed by atoms with Crippen LogP contribution >= 0.6 is 7.26 Å². The molecule has 0 spiro atoms. The Morgan fingerprint density at radius 1 is 0.676 bits per heavy atom. The van der Waals surface area contributed by atoms with Crippen LogP contribution in [0.5, 0.6) is 0 Å². The van der Waals surface area contributed by atoms with E-state index in [4.69, 9.17) is 29.4 Å². The predicted molar refractivity (Wildman–Crippen MR) is 122 cm³/mol. The number of nitrogens with two attached hydrogens (primary N) is 1. The van der Waals surface area contributed by atoms with Crippen molar-refractivity contribution in [1.29, 1.82) is 0 Å². The molecule has 5 rings (SSSR count). The number of rotatable bonds is 4. The summed E-state index contributed by atoms with van der Waals surface area (Å²) in [7, 11) is -7.17. The van der Waals surface area contributed by atoms with Gasteiger partial charge in [0.1, 0.15) is 29.0 Å². The monoisotopic (exact) mass is 494 g/mol. The van der Waals surface area contributed by atoms with Crippen LogP contribution in [0, 0.1) is 10.2 Å². The van der Waals surface area contributed by atoms with Gasteiger partial charge in [0.15, 0.2) is 5.30 Å². The van der Waals surface area contributed by atoms with Crippen molar-refractivity contribution in [2.24, 2.45) is 0 Å². The van der Waals surface area contributed by atoms with Crippen molar-refractivity contribution < 1.29 is 28.9 Å². The third kappa shape index (κ3) is 4.78. The molecule has 0 radical (unpaired) electrons. The van der Waals surface area contributed by atoms with Crippen molar-refractivity contribution in [3.8, 4) is 0 Å². The standard InChI is InChI=1S/C24H20N4P.ClHO4/c25-23-16-17-26-24-22(18-27-28(23)24)29(19-10-4-1-5-11-19,20-12-6-2-7-13-20)21-14-8-3-9-15-21;2-1(3,4)5/h1-18H,25H2;(H,2,3,4,5)/q+1;/p-1. The van der Waals surface area contributed by atoms with Crippen molar-refractivity contribution in [2.45, 2.75) is 0 Å². The molecule has 10 heteroatoms. The largest absolute Gasteiger partial charge is 0.384 e. The topological polar surface area (TPSA) is 148 Å². The van der Waals surface area contributed by atoms with Crippen molar-refractivity contribution in [1.82, 2.24) is 14.6 Å². The average Bonchev–Trinajstić information content (AvgIpc) is 3.27. The van der Waals surface area contributed by atoms with Gasteiger partial charge < -0.3 is 5.73 Å². The molecule has 3 aromatic carbocycles. The second-order valence-corrected chi connectivity index (χ2v) is 11.3. The van der Waals surface area contributed by atoms with Gasteiger partial charge in [0.05, 0.1) is 6.20 Å². The van der Waals surface area contributed by atoms with Crippen LogP contribution < -0.4 is 45.6 Å². The first kappa shape index (κ1) is 23.8. The molecule has 0 aliphatic heterocycles. The summed E-state index contributed by atoms with van der Waals surface area (Å²) in [5, 5.41) is 9.50. The molecule has 8 nitrogen and oxygen atoms in total. The molecule has 0 amide bonds. The normalized spacial score (nSPS) is 11.6. The maximum Gasteiger partial charge on any atom is 0.201 e. The van der Waals surface area contributed by atoms with Crippen LogP contribution in [-0.2, 0) is 0 Å². The summed E-state index contributed by atoms with van der Waals surface area (Å²) < 4.78 is 35.7. The van der Waals surface area contributed by atoms with Gasteiger partial charge in [-0.15, -0.1) is 10.2 Å². The molecular weight excluding hydrogens is 475 g/mol. The predicted octanol–water partition coefficient (Wildman–Crippen LogP) is -1.83. The van der Waals surface area contributed by atoms with Crippen LogP contribution in [0.2, 0.25) is 0 Å². The van der Waals surface area contributed by atoms with Crippen LogP contribution in [0.3, 0.4) is 0 Å². The van der Waals surface area contributed by atoms with E-state index in [1.165, 1.54) is 15.9 Å². The number of nitrogen functional groups attached to an aromatic ring is 1. The van der Waals surface area contributed by atoms with Gasteiger partial charge in [0.25, 0.3) is 0 Å². The van der Waals surface area contributed by atoms with Gasteiger partial charge in [-0.3, -0.25) is 0 Å². The molecule has 0 saturated carbocycles. The number of anilines is 1. The van der Waals surface area contributed by atoms with E-state index in [2.05, 4.69) is 96.1 Å². The molecule has 0 saturated heterocycles. The van der Waals surface area contributed by atoms with E-state index in [-0.39, 0.29) is 0 Å². The summed E-state index contributed by atoms with van der Waals surface area (Å²) in [6.45, 7) is 0. The van der Waals surface area contributed by atoms with Gasteiger partial charge in [0.2, 0.25) is 5.65 Å².